The van der Waals surface area contributed by atoms with Crippen molar-refractivity contribution in [2.24, 2.45) is 0 Å². The zero-order valence-corrected chi connectivity index (χ0v) is 10.6. The molecule has 98 valence electrons. The van der Waals surface area contributed by atoms with E-state index in [1.807, 2.05) is 30.3 Å². The molecule has 1 aromatic carbocycles. The highest BCUT2D eigenvalue weighted by Gasteiger charge is 2.07. The lowest BCUT2D eigenvalue weighted by atomic mass is 10.1. The first kappa shape index (κ1) is 12.0. The summed E-state index contributed by atoms with van der Waals surface area (Å²) in [6, 6.07) is 11.7. The number of para-hydroxylation sites is 1. The Morgan fingerprint density at radius 2 is 2.20 bits per heavy atom. The predicted molar refractivity (Wildman–Crippen MR) is 76.8 cm³/mol. The van der Waals surface area contributed by atoms with Gasteiger partial charge in [-0.2, -0.15) is 10.4 Å². The van der Waals surface area contributed by atoms with Crippen LogP contribution in [-0.4, -0.2) is 15.2 Å². The van der Waals surface area contributed by atoms with Crippen LogP contribution >= 0.6 is 0 Å². The zero-order valence-electron chi connectivity index (χ0n) is 10.6. The summed E-state index contributed by atoms with van der Waals surface area (Å²) in [5, 5.41) is 19.8. The fraction of sp³-hybridized carbons (Fsp3) is 0.0714. The van der Waals surface area contributed by atoms with Crippen molar-refractivity contribution in [2.45, 2.75) is 6.54 Å². The van der Waals surface area contributed by atoms with Crippen LogP contribution in [0.15, 0.2) is 36.5 Å². The lowest BCUT2D eigenvalue weighted by molar-refractivity contribution is 1.10. The largest absolute Gasteiger partial charge is 0.384 e. The van der Waals surface area contributed by atoms with E-state index in [0.717, 1.165) is 16.5 Å². The smallest absolute Gasteiger partial charge is 0.144 e. The molecular formula is C14H12N6. The van der Waals surface area contributed by atoms with Gasteiger partial charge in [0.1, 0.15) is 17.7 Å². The molecule has 0 saturated heterocycles. The molecule has 0 bridgehead atoms. The fourth-order valence-electron chi connectivity index (χ4n) is 1.98. The average Bonchev–Trinajstić information content (AvgIpc) is 2.89. The van der Waals surface area contributed by atoms with Gasteiger partial charge in [-0.1, -0.05) is 18.2 Å². The number of nitrogens with two attached hydrogens (primary N) is 1. The Balaban J connectivity index is 1.94. The average molecular weight is 264 g/mol. The van der Waals surface area contributed by atoms with Gasteiger partial charge in [0.25, 0.3) is 0 Å². The van der Waals surface area contributed by atoms with Gasteiger partial charge in [0.05, 0.1) is 17.3 Å². The second kappa shape index (κ2) is 4.90. The molecule has 0 saturated carbocycles. The number of aromatic amines is 1. The summed E-state index contributed by atoms with van der Waals surface area (Å²) in [5.74, 6) is 1.06. The Labute approximate surface area is 115 Å². The molecule has 20 heavy (non-hydrogen) atoms. The minimum Gasteiger partial charge on any atom is -0.384 e. The number of nitrogens with one attached hydrogen (secondary N) is 2. The predicted octanol–water partition coefficient (Wildman–Crippen LogP) is 2.02. The molecule has 0 spiro atoms. The molecule has 2 aromatic heterocycles. The first-order chi connectivity index (χ1) is 9.78. The molecule has 0 fully saturated rings. The van der Waals surface area contributed by atoms with Gasteiger partial charge in [0, 0.05) is 17.5 Å². The minimum absolute atomic E-state index is 0.461. The van der Waals surface area contributed by atoms with Crippen LogP contribution in [0, 0.1) is 11.3 Å². The van der Waals surface area contributed by atoms with E-state index in [4.69, 9.17) is 5.73 Å². The van der Waals surface area contributed by atoms with Gasteiger partial charge in [0.2, 0.25) is 0 Å². The molecule has 3 aromatic rings. The third-order valence-electron chi connectivity index (χ3n) is 3.04. The summed E-state index contributed by atoms with van der Waals surface area (Å²) in [6.45, 7) is 0.461. The maximum Gasteiger partial charge on any atom is 0.144 e. The van der Waals surface area contributed by atoms with Crippen molar-refractivity contribution in [1.29, 1.82) is 5.26 Å². The van der Waals surface area contributed by atoms with Crippen molar-refractivity contribution < 1.29 is 0 Å². The number of nitrogens with zero attached hydrogens (tertiary/aromatic N) is 3. The van der Waals surface area contributed by atoms with Crippen LogP contribution in [0.5, 0.6) is 0 Å². The number of nitriles is 1. The highest BCUT2D eigenvalue weighted by Crippen LogP contribution is 2.20. The quantitative estimate of drug-likeness (QED) is 0.671. The van der Waals surface area contributed by atoms with Gasteiger partial charge >= 0.3 is 0 Å². The van der Waals surface area contributed by atoms with Gasteiger partial charge in [-0.3, -0.25) is 5.10 Å². The van der Waals surface area contributed by atoms with E-state index in [1.54, 1.807) is 6.20 Å². The summed E-state index contributed by atoms with van der Waals surface area (Å²) >= 11 is 0. The maximum absolute atomic E-state index is 9.22. The first-order valence-electron chi connectivity index (χ1n) is 6.09. The molecule has 6 nitrogen and oxygen atoms in total. The van der Waals surface area contributed by atoms with E-state index in [1.165, 1.54) is 0 Å². The molecule has 0 aliphatic heterocycles. The number of H-pyrrole nitrogens is 1. The van der Waals surface area contributed by atoms with Crippen LogP contribution in [0.2, 0.25) is 0 Å². The number of aromatic nitrogens is 3. The van der Waals surface area contributed by atoms with E-state index in [9.17, 15) is 5.26 Å². The van der Waals surface area contributed by atoms with Gasteiger partial charge in [-0.25, -0.2) is 4.98 Å². The maximum atomic E-state index is 9.22. The molecule has 6 heteroatoms. The molecule has 3 rings (SSSR count). The summed E-state index contributed by atoms with van der Waals surface area (Å²) in [6.07, 6.45) is 1.65. The SMILES string of the molecule is N#Cc1cc2ccccc2nc1NCc1cn[nH]c1N. The van der Waals surface area contributed by atoms with Crippen molar-refractivity contribution in [3.8, 4) is 6.07 Å². The highest BCUT2D eigenvalue weighted by molar-refractivity contribution is 5.82. The van der Waals surface area contributed by atoms with Crippen LogP contribution in [0.3, 0.4) is 0 Å². The van der Waals surface area contributed by atoms with Gasteiger partial charge in [0.15, 0.2) is 0 Å². The van der Waals surface area contributed by atoms with Crippen molar-refractivity contribution in [2.75, 3.05) is 11.1 Å². The van der Waals surface area contributed by atoms with E-state index in [2.05, 4.69) is 26.6 Å². The molecule has 4 N–H and O–H groups in total. The van der Waals surface area contributed by atoms with Crippen molar-refractivity contribution >= 4 is 22.5 Å². The summed E-state index contributed by atoms with van der Waals surface area (Å²) in [4.78, 5) is 4.47. The summed E-state index contributed by atoms with van der Waals surface area (Å²) in [7, 11) is 0. The number of hydrogen-bond acceptors (Lipinski definition) is 5. The molecule has 0 aliphatic rings. The fourth-order valence-corrected chi connectivity index (χ4v) is 1.98. The second-order valence-electron chi connectivity index (χ2n) is 4.35. The summed E-state index contributed by atoms with van der Waals surface area (Å²) in [5.41, 5.74) is 7.91. The highest BCUT2D eigenvalue weighted by atomic mass is 15.1. The standard InChI is InChI=1S/C14H12N6/c15-6-10-5-9-3-1-2-4-12(9)19-14(10)17-7-11-8-18-20-13(11)16/h1-5,8H,7H2,(H,17,19)(H3,16,18,20). The van der Waals surface area contributed by atoms with E-state index >= 15 is 0 Å². The number of rotatable bonds is 3. The van der Waals surface area contributed by atoms with Gasteiger partial charge < -0.3 is 11.1 Å². The Morgan fingerprint density at radius 1 is 1.35 bits per heavy atom. The topological polar surface area (TPSA) is 103 Å². The Kier molecular flexibility index (Phi) is 2.94. The van der Waals surface area contributed by atoms with Crippen LogP contribution in [0.4, 0.5) is 11.6 Å². The Hall–Kier alpha value is -3.07. The zero-order chi connectivity index (χ0) is 13.9. The van der Waals surface area contributed by atoms with Crippen LogP contribution in [0.1, 0.15) is 11.1 Å². The van der Waals surface area contributed by atoms with Gasteiger partial charge in [-0.15, -0.1) is 0 Å². The minimum atomic E-state index is 0.461. The molecule has 0 aliphatic carbocycles. The van der Waals surface area contributed by atoms with Crippen LogP contribution in [0.25, 0.3) is 10.9 Å². The lowest BCUT2D eigenvalue weighted by Crippen LogP contribution is -2.05. The number of fused-ring (bicyclic) bond motifs is 1. The Bertz CT molecular complexity index is 799. The van der Waals surface area contributed by atoms with Crippen molar-refractivity contribution in [1.82, 2.24) is 15.2 Å². The molecular weight excluding hydrogens is 252 g/mol. The molecule has 0 radical (unpaired) electrons. The number of hydrogen-bond donors (Lipinski definition) is 3. The summed E-state index contributed by atoms with van der Waals surface area (Å²) < 4.78 is 0. The monoisotopic (exact) mass is 264 g/mol. The molecule has 2 heterocycles. The molecule has 0 unspecified atom stereocenters. The number of anilines is 2. The van der Waals surface area contributed by atoms with Gasteiger partial charge in [-0.05, 0) is 12.1 Å². The lowest BCUT2D eigenvalue weighted by Gasteiger charge is -2.08. The molecule has 0 amide bonds. The first-order valence-corrected chi connectivity index (χ1v) is 6.09. The van der Waals surface area contributed by atoms with E-state index < -0.39 is 0 Å². The Morgan fingerprint density at radius 3 is 2.95 bits per heavy atom. The number of pyridine rings is 1. The number of nitrogen functional groups attached to an aromatic ring is 1. The van der Waals surface area contributed by atoms with Crippen LogP contribution in [-0.2, 0) is 6.54 Å². The third kappa shape index (κ3) is 2.12. The van der Waals surface area contributed by atoms with E-state index in [-0.39, 0.29) is 0 Å². The van der Waals surface area contributed by atoms with E-state index in [0.29, 0.717) is 23.7 Å². The van der Waals surface area contributed by atoms with Crippen LogP contribution < -0.4 is 11.1 Å². The second-order valence-corrected chi connectivity index (χ2v) is 4.35. The number of benzene rings is 1. The molecule has 0 atom stereocenters. The van der Waals surface area contributed by atoms with Crippen molar-refractivity contribution in [3.05, 3.63) is 47.7 Å². The normalized spacial score (nSPS) is 10.3. The third-order valence-corrected chi connectivity index (χ3v) is 3.04. The van der Waals surface area contributed by atoms with Crippen molar-refractivity contribution in [3.63, 3.8) is 0 Å².